The van der Waals surface area contributed by atoms with Crippen molar-refractivity contribution in [1.82, 2.24) is 9.38 Å². The lowest BCUT2D eigenvalue weighted by atomic mass is 10.2. The summed E-state index contributed by atoms with van der Waals surface area (Å²) in [5.74, 6) is 0. The van der Waals surface area contributed by atoms with Gasteiger partial charge >= 0.3 is 0 Å². The van der Waals surface area contributed by atoms with E-state index in [4.69, 9.17) is 0 Å². The van der Waals surface area contributed by atoms with Crippen LogP contribution in [0.5, 0.6) is 0 Å². The number of rotatable bonds is 3. The number of nitrogens with zero attached hydrogens (tertiary/aromatic N) is 2. The molecule has 0 unspecified atom stereocenters. The third-order valence-electron chi connectivity index (χ3n) is 3.26. The highest BCUT2D eigenvalue weighted by molar-refractivity contribution is 9.10. The zero-order valence-electron chi connectivity index (χ0n) is 11.5. The average molecular weight is 344 g/mol. The number of anilines is 1. The van der Waals surface area contributed by atoms with E-state index < -0.39 is 0 Å². The minimum absolute atomic E-state index is 0.0590. The Labute approximate surface area is 130 Å². The van der Waals surface area contributed by atoms with Gasteiger partial charge in [-0.3, -0.25) is 9.20 Å². The molecule has 0 fully saturated rings. The van der Waals surface area contributed by atoms with Crippen molar-refractivity contribution < 1.29 is 0 Å². The van der Waals surface area contributed by atoms with E-state index in [1.807, 2.05) is 43.3 Å². The molecule has 0 radical (unpaired) electrons. The molecular formula is C16H14BrN3O. The summed E-state index contributed by atoms with van der Waals surface area (Å²) in [5, 5.41) is 3.27. The number of hydrogen-bond donors (Lipinski definition) is 1. The fraction of sp³-hybridized carbons (Fsp3) is 0.125. The Morgan fingerprint density at radius 1 is 1.24 bits per heavy atom. The molecule has 1 N–H and O–H groups in total. The van der Waals surface area contributed by atoms with E-state index >= 15 is 0 Å². The van der Waals surface area contributed by atoms with Gasteiger partial charge in [-0.2, -0.15) is 0 Å². The Hall–Kier alpha value is -2.14. The van der Waals surface area contributed by atoms with Crippen molar-refractivity contribution in [3.05, 3.63) is 74.7 Å². The van der Waals surface area contributed by atoms with Crippen LogP contribution in [0.15, 0.2) is 57.9 Å². The van der Waals surface area contributed by atoms with Gasteiger partial charge in [-0.05, 0) is 42.8 Å². The second kappa shape index (κ2) is 5.69. The van der Waals surface area contributed by atoms with Gasteiger partial charge in [-0.25, -0.2) is 4.98 Å². The quantitative estimate of drug-likeness (QED) is 0.792. The van der Waals surface area contributed by atoms with Crippen molar-refractivity contribution in [2.24, 2.45) is 0 Å². The van der Waals surface area contributed by atoms with Crippen LogP contribution in [-0.2, 0) is 6.54 Å². The molecule has 4 nitrogen and oxygen atoms in total. The SMILES string of the molecule is Cc1cccn2c(=O)cc(CNc3ccc(Br)cc3)nc12. The summed E-state index contributed by atoms with van der Waals surface area (Å²) in [7, 11) is 0. The number of hydrogen-bond acceptors (Lipinski definition) is 3. The molecule has 0 spiro atoms. The number of halogens is 1. The Morgan fingerprint density at radius 2 is 2.00 bits per heavy atom. The molecule has 0 atom stereocenters. The van der Waals surface area contributed by atoms with E-state index in [-0.39, 0.29) is 5.56 Å². The standard InChI is InChI=1S/C16H14BrN3O/c1-11-3-2-8-20-15(21)9-14(19-16(11)20)10-18-13-6-4-12(17)5-7-13/h2-9,18H,10H2,1H3. The van der Waals surface area contributed by atoms with Gasteiger partial charge < -0.3 is 5.32 Å². The predicted molar refractivity (Wildman–Crippen MR) is 87.7 cm³/mol. The Kier molecular flexibility index (Phi) is 3.75. The lowest BCUT2D eigenvalue weighted by Gasteiger charge is -2.08. The smallest absolute Gasteiger partial charge is 0.258 e. The summed E-state index contributed by atoms with van der Waals surface area (Å²) in [5.41, 5.74) is 3.36. The molecule has 1 aromatic carbocycles. The minimum atomic E-state index is -0.0590. The normalized spacial score (nSPS) is 10.8. The van der Waals surface area contributed by atoms with Gasteiger partial charge in [0.1, 0.15) is 5.65 Å². The number of pyridine rings is 1. The van der Waals surface area contributed by atoms with E-state index in [1.54, 1.807) is 16.7 Å². The number of fused-ring (bicyclic) bond motifs is 1. The minimum Gasteiger partial charge on any atom is -0.379 e. The molecule has 0 aliphatic heterocycles. The number of aromatic nitrogens is 2. The predicted octanol–water partition coefficient (Wildman–Crippen LogP) is 3.38. The Bertz CT molecular complexity index is 840. The number of aryl methyl sites for hydroxylation is 1. The van der Waals surface area contributed by atoms with Crippen LogP contribution in [-0.4, -0.2) is 9.38 Å². The lowest BCUT2D eigenvalue weighted by Crippen LogP contribution is -2.17. The molecule has 2 aromatic heterocycles. The van der Waals surface area contributed by atoms with Gasteiger partial charge in [0.05, 0.1) is 12.2 Å². The lowest BCUT2D eigenvalue weighted by molar-refractivity contribution is 0.964. The second-order valence-electron chi connectivity index (χ2n) is 4.83. The molecule has 0 saturated heterocycles. The average Bonchev–Trinajstić information content (AvgIpc) is 2.48. The third kappa shape index (κ3) is 2.97. The van der Waals surface area contributed by atoms with Gasteiger partial charge in [-0.1, -0.05) is 22.0 Å². The van der Waals surface area contributed by atoms with Crippen LogP contribution in [0.3, 0.4) is 0 Å². The molecule has 3 aromatic rings. The number of benzene rings is 1. The topological polar surface area (TPSA) is 46.4 Å². The largest absolute Gasteiger partial charge is 0.379 e. The molecule has 0 aliphatic carbocycles. The molecule has 2 heterocycles. The molecule has 5 heteroatoms. The maximum atomic E-state index is 12.1. The molecule has 21 heavy (non-hydrogen) atoms. The van der Waals surface area contributed by atoms with Crippen molar-refractivity contribution in [2.45, 2.75) is 13.5 Å². The first kappa shape index (κ1) is 13.8. The van der Waals surface area contributed by atoms with Crippen molar-refractivity contribution in [3.8, 4) is 0 Å². The van der Waals surface area contributed by atoms with Crippen molar-refractivity contribution in [3.63, 3.8) is 0 Å². The molecule has 0 bridgehead atoms. The third-order valence-corrected chi connectivity index (χ3v) is 3.79. The molecule has 0 saturated carbocycles. The van der Waals surface area contributed by atoms with Crippen molar-refractivity contribution in [2.75, 3.05) is 5.32 Å². The van der Waals surface area contributed by atoms with E-state index in [1.165, 1.54) is 0 Å². The first-order chi connectivity index (χ1) is 10.1. The maximum absolute atomic E-state index is 12.1. The van der Waals surface area contributed by atoms with Crippen LogP contribution in [0.1, 0.15) is 11.3 Å². The molecular weight excluding hydrogens is 330 g/mol. The van der Waals surface area contributed by atoms with E-state index in [2.05, 4.69) is 26.2 Å². The van der Waals surface area contributed by atoms with Gasteiger partial charge in [0.15, 0.2) is 0 Å². The second-order valence-corrected chi connectivity index (χ2v) is 5.75. The summed E-state index contributed by atoms with van der Waals surface area (Å²) in [6.07, 6.45) is 1.74. The monoisotopic (exact) mass is 343 g/mol. The highest BCUT2D eigenvalue weighted by Gasteiger charge is 2.04. The van der Waals surface area contributed by atoms with E-state index in [0.29, 0.717) is 12.2 Å². The zero-order valence-corrected chi connectivity index (χ0v) is 13.1. The summed E-state index contributed by atoms with van der Waals surface area (Å²) in [6.45, 7) is 2.47. The van der Waals surface area contributed by atoms with Crippen LogP contribution >= 0.6 is 15.9 Å². The van der Waals surface area contributed by atoms with E-state index in [9.17, 15) is 4.79 Å². The summed E-state index contributed by atoms with van der Waals surface area (Å²) in [4.78, 5) is 16.7. The van der Waals surface area contributed by atoms with Gasteiger partial charge in [0, 0.05) is 22.4 Å². The molecule has 0 amide bonds. The van der Waals surface area contributed by atoms with Crippen molar-refractivity contribution in [1.29, 1.82) is 0 Å². The van der Waals surface area contributed by atoms with Crippen LogP contribution in [0.2, 0.25) is 0 Å². The Morgan fingerprint density at radius 3 is 2.76 bits per heavy atom. The maximum Gasteiger partial charge on any atom is 0.258 e. The first-order valence-electron chi connectivity index (χ1n) is 6.61. The zero-order chi connectivity index (χ0) is 14.8. The van der Waals surface area contributed by atoms with Gasteiger partial charge in [0.2, 0.25) is 0 Å². The van der Waals surface area contributed by atoms with Crippen molar-refractivity contribution >= 4 is 27.3 Å². The van der Waals surface area contributed by atoms with Crippen LogP contribution in [0.4, 0.5) is 5.69 Å². The summed E-state index contributed by atoms with van der Waals surface area (Å²) >= 11 is 3.40. The fourth-order valence-electron chi connectivity index (χ4n) is 2.16. The van der Waals surface area contributed by atoms with Crippen LogP contribution in [0.25, 0.3) is 5.65 Å². The molecule has 106 valence electrons. The molecule has 3 rings (SSSR count). The van der Waals surface area contributed by atoms with Crippen LogP contribution in [0, 0.1) is 6.92 Å². The number of nitrogens with one attached hydrogen (secondary N) is 1. The van der Waals surface area contributed by atoms with Gasteiger partial charge in [0.25, 0.3) is 5.56 Å². The molecule has 0 aliphatic rings. The highest BCUT2D eigenvalue weighted by Crippen LogP contribution is 2.14. The van der Waals surface area contributed by atoms with Gasteiger partial charge in [-0.15, -0.1) is 0 Å². The Balaban J connectivity index is 1.89. The van der Waals surface area contributed by atoms with Crippen LogP contribution < -0.4 is 10.9 Å². The summed E-state index contributed by atoms with van der Waals surface area (Å²) < 4.78 is 2.60. The summed E-state index contributed by atoms with van der Waals surface area (Å²) in [6, 6.07) is 13.3. The van der Waals surface area contributed by atoms with E-state index in [0.717, 1.165) is 21.4 Å². The first-order valence-corrected chi connectivity index (χ1v) is 7.40. The fourth-order valence-corrected chi connectivity index (χ4v) is 2.42. The highest BCUT2D eigenvalue weighted by atomic mass is 79.9.